The minimum atomic E-state index is -4.72. The maximum atomic E-state index is 12.7. The van der Waals surface area contributed by atoms with Crippen molar-refractivity contribution in [2.24, 2.45) is 5.10 Å². The van der Waals surface area contributed by atoms with Crippen LogP contribution in [0.1, 0.15) is 17.5 Å². The summed E-state index contributed by atoms with van der Waals surface area (Å²) >= 11 is 0. The summed E-state index contributed by atoms with van der Waals surface area (Å²) in [4.78, 5) is 21.2. The van der Waals surface area contributed by atoms with Crippen molar-refractivity contribution in [3.63, 3.8) is 0 Å². The molecule has 0 saturated carbocycles. The molecule has 144 valence electrons. The van der Waals surface area contributed by atoms with E-state index in [9.17, 15) is 28.1 Å². The van der Waals surface area contributed by atoms with Gasteiger partial charge in [-0.3, -0.25) is 14.9 Å². The van der Waals surface area contributed by atoms with E-state index in [2.05, 4.69) is 10.5 Å². The van der Waals surface area contributed by atoms with Gasteiger partial charge in [0.1, 0.15) is 12.2 Å². The van der Waals surface area contributed by atoms with Crippen LogP contribution in [-0.4, -0.2) is 17.0 Å². The van der Waals surface area contributed by atoms with Gasteiger partial charge in [-0.1, -0.05) is 0 Å². The van der Waals surface area contributed by atoms with Crippen molar-refractivity contribution < 1.29 is 27.6 Å². The summed E-state index contributed by atoms with van der Waals surface area (Å²) in [6.45, 7) is 0. The van der Waals surface area contributed by atoms with Gasteiger partial charge in [0.15, 0.2) is 0 Å². The fraction of sp³-hybridized carbons (Fsp3) is 0.118. The first kappa shape index (κ1) is 20.4. The van der Waals surface area contributed by atoms with Gasteiger partial charge in [0.2, 0.25) is 5.75 Å². The summed E-state index contributed by atoms with van der Waals surface area (Å²) in [6, 6.07) is 9.47. The van der Waals surface area contributed by atoms with E-state index >= 15 is 0 Å². The Hall–Kier alpha value is -3.94. The van der Waals surface area contributed by atoms with Crippen LogP contribution < -0.4 is 10.2 Å². The molecule has 0 aliphatic rings. The first-order chi connectivity index (χ1) is 13.2. The van der Waals surface area contributed by atoms with E-state index in [1.54, 1.807) is 6.07 Å². The number of nitrogens with zero attached hydrogens (tertiary/aromatic N) is 3. The number of nitro benzene ring substituents is 1. The average Bonchev–Trinajstić information content (AvgIpc) is 2.62. The maximum absolute atomic E-state index is 12.7. The molecule has 28 heavy (non-hydrogen) atoms. The number of benzene rings is 2. The van der Waals surface area contributed by atoms with Crippen LogP contribution in [0.4, 0.5) is 18.9 Å². The average molecular weight is 392 g/mol. The van der Waals surface area contributed by atoms with Gasteiger partial charge < -0.3 is 4.74 Å². The number of nitro groups is 1. The molecule has 0 heterocycles. The van der Waals surface area contributed by atoms with Crippen molar-refractivity contribution in [2.45, 2.75) is 12.6 Å². The molecule has 2 aromatic carbocycles. The zero-order valence-electron chi connectivity index (χ0n) is 13.9. The third kappa shape index (κ3) is 5.53. The monoisotopic (exact) mass is 392 g/mol. The molecule has 2 rings (SSSR count). The lowest BCUT2D eigenvalue weighted by Gasteiger charge is -2.10. The Bertz CT molecular complexity index is 950. The van der Waals surface area contributed by atoms with Crippen LogP contribution in [0.2, 0.25) is 0 Å². The van der Waals surface area contributed by atoms with Crippen molar-refractivity contribution >= 4 is 17.8 Å². The predicted molar refractivity (Wildman–Crippen MR) is 90.6 cm³/mol. The molecule has 8 nitrogen and oxygen atoms in total. The highest BCUT2D eigenvalue weighted by Gasteiger charge is 2.33. The zero-order chi connectivity index (χ0) is 20.7. The van der Waals surface area contributed by atoms with Crippen LogP contribution in [0.15, 0.2) is 47.6 Å². The molecular weight excluding hydrogens is 381 g/mol. The normalized spacial score (nSPS) is 11.1. The lowest BCUT2D eigenvalue weighted by Crippen LogP contribution is -2.16. The standard InChI is InChI=1S/C17H11F3N4O4/c18-17(19,20)12-3-6-15(14(9-12)24(26)27)28-13-4-1-11(2-5-13)10-22-23-16(25)7-8-21/h1-6,9-10H,7H2,(H,23,25)/b22-10-. The Morgan fingerprint density at radius 2 is 1.96 bits per heavy atom. The smallest absolute Gasteiger partial charge is 0.416 e. The molecule has 0 aromatic heterocycles. The Morgan fingerprint density at radius 1 is 1.29 bits per heavy atom. The second kappa shape index (κ2) is 8.63. The summed E-state index contributed by atoms with van der Waals surface area (Å²) in [7, 11) is 0. The third-order valence-corrected chi connectivity index (χ3v) is 3.23. The molecule has 0 aliphatic carbocycles. The van der Waals surface area contributed by atoms with Crippen molar-refractivity contribution in [3.05, 3.63) is 63.7 Å². The molecule has 0 fully saturated rings. The number of nitriles is 1. The molecule has 0 atom stereocenters. The first-order valence-corrected chi connectivity index (χ1v) is 7.53. The van der Waals surface area contributed by atoms with E-state index < -0.39 is 28.3 Å². The Balaban J connectivity index is 2.14. The number of carbonyl (C=O) groups is 1. The van der Waals surface area contributed by atoms with E-state index in [4.69, 9.17) is 10.00 Å². The van der Waals surface area contributed by atoms with Crippen molar-refractivity contribution in [2.75, 3.05) is 0 Å². The number of carbonyl (C=O) groups excluding carboxylic acids is 1. The summed E-state index contributed by atoms with van der Waals surface area (Å²) in [6.07, 6.45) is -3.76. The van der Waals surface area contributed by atoms with E-state index in [1.165, 1.54) is 30.5 Å². The molecule has 0 bridgehead atoms. The van der Waals surface area contributed by atoms with Crippen molar-refractivity contribution in [1.82, 2.24) is 5.43 Å². The first-order valence-electron chi connectivity index (χ1n) is 7.53. The van der Waals surface area contributed by atoms with Crippen LogP contribution in [0.3, 0.4) is 0 Å². The van der Waals surface area contributed by atoms with Crippen LogP contribution in [-0.2, 0) is 11.0 Å². The second-order valence-corrected chi connectivity index (χ2v) is 5.24. The number of halogens is 3. The van der Waals surface area contributed by atoms with Gasteiger partial charge >= 0.3 is 11.9 Å². The minimum Gasteiger partial charge on any atom is -0.450 e. The summed E-state index contributed by atoms with van der Waals surface area (Å²) in [5.74, 6) is -0.773. The largest absolute Gasteiger partial charge is 0.450 e. The maximum Gasteiger partial charge on any atom is 0.416 e. The third-order valence-electron chi connectivity index (χ3n) is 3.23. The molecule has 11 heteroatoms. The van der Waals surface area contributed by atoms with Crippen molar-refractivity contribution in [3.8, 4) is 17.6 Å². The molecule has 0 radical (unpaired) electrons. The number of alkyl halides is 3. The lowest BCUT2D eigenvalue weighted by molar-refractivity contribution is -0.385. The molecular formula is C17H11F3N4O4. The van der Waals surface area contributed by atoms with Crippen LogP contribution in [0.5, 0.6) is 11.5 Å². The summed E-state index contributed by atoms with van der Waals surface area (Å²) < 4.78 is 43.4. The van der Waals surface area contributed by atoms with E-state index in [-0.39, 0.29) is 17.9 Å². The Morgan fingerprint density at radius 3 is 2.54 bits per heavy atom. The van der Waals surface area contributed by atoms with Crippen LogP contribution in [0.25, 0.3) is 0 Å². The van der Waals surface area contributed by atoms with E-state index in [0.717, 1.165) is 6.07 Å². The predicted octanol–water partition coefficient (Wildman–Crippen LogP) is 3.77. The fourth-order valence-corrected chi connectivity index (χ4v) is 1.96. The second-order valence-electron chi connectivity index (χ2n) is 5.24. The quantitative estimate of drug-likeness (QED) is 0.456. The molecule has 2 aromatic rings. The zero-order valence-corrected chi connectivity index (χ0v) is 13.9. The Labute approximate surface area is 156 Å². The summed E-state index contributed by atoms with van der Waals surface area (Å²) in [5.41, 5.74) is 0.693. The Kier molecular flexibility index (Phi) is 6.28. The molecule has 0 unspecified atom stereocenters. The van der Waals surface area contributed by atoms with Gasteiger partial charge in [0.05, 0.1) is 22.8 Å². The number of hydrogen-bond donors (Lipinski definition) is 1. The molecule has 0 saturated heterocycles. The highest BCUT2D eigenvalue weighted by molar-refractivity contribution is 5.83. The van der Waals surface area contributed by atoms with Crippen LogP contribution >= 0.6 is 0 Å². The fourth-order valence-electron chi connectivity index (χ4n) is 1.96. The van der Waals surface area contributed by atoms with Gasteiger partial charge in [-0.2, -0.15) is 23.5 Å². The SMILES string of the molecule is N#CCC(=O)N/N=C\c1ccc(Oc2ccc(C(F)(F)F)cc2[N+](=O)[O-])cc1. The van der Waals surface area contributed by atoms with Gasteiger partial charge in [-0.15, -0.1) is 0 Å². The van der Waals surface area contributed by atoms with Crippen LogP contribution in [0, 0.1) is 21.4 Å². The number of hydrogen-bond acceptors (Lipinski definition) is 6. The molecule has 1 N–H and O–H groups in total. The lowest BCUT2D eigenvalue weighted by atomic mass is 10.2. The molecule has 0 spiro atoms. The molecule has 0 aliphatic heterocycles. The highest BCUT2D eigenvalue weighted by atomic mass is 19.4. The van der Waals surface area contributed by atoms with Crippen molar-refractivity contribution in [1.29, 1.82) is 5.26 Å². The summed E-state index contributed by atoms with van der Waals surface area (Å²) in [5, 5.41) is 23.0. The van der Waals surface area contributed by atoms with E-state index in [0.29, 0.717) is 17.7 Å². The number of ether oxygens (including phenoxy) is 1. The van der Waals surface area contributed by atoms with E-state index in [1.807, 2.05) is 0 Å². The van der Waals surface area contributed by atoms with Gasteiger partial charge in [0, 0.05) is 6.07 Å². The number of rotatable bonds is 6. The van der Waals surface area contributed by atoms with Gasteiger partial charge in [-0.05, 0) is 42.0 Å². The number of amides is 1. The van der Waals surface area contributed by atoms with Gasteiger partial charge in [0.25, 0.3) is 5.91 Å². The molecule has 1 amide bonds. The topological polar surface area (TPSA) is 118 Å². The van der Waals surface area contributed by atoms with Gasteiger partial charge in [-0.25, -0.2) is 5.43 Å². The highest BCUT2D eigenvalue weighted by Crippen LogP contribution is 2.37. The number of hydrazone groups is 1. The minimum absolute atomic E-state index is 0.147. The number of nitrogens with one attached hydrogen (secondary N) is 1.